The Bertz CT molecular complexity index is 940. The number of hydrogen-bond donors (Lipinski definition) is 1. The molecule has 0 radical (unpaired) electrons. The van der Waals surface area contributed by atoms with E-state index in [0.717, 1.165) is 37.9 Å². The molecule has 29 heavy (non-hydrogen) atoms. The normalized spacial score (nSPS) is 32.8. The van der Waals surface area contributed by atoms with Gasteiger partial charge in [-0.3, -0.25) is 10.1 Å². The number of aryl methyl sites for hydroxylation is 1. The first-order valence-electron chi connectivity index (χ1n) is 10.7. The first-order valence-corrected chi connectivity index (χ1v) is 10.7. The van der Waals surface area contributed by atoms with E-state index in [1.54, 1.807) is 12.1 Å². The van der Waals surface area contributed by atoms with Crippen LogP contribution < -0.4 is 4.74 Å². The highest BCUT2D eigenvalue weighted by atomic mass is 16.6. The Kier molecular flexibility index (Phi) is 4.39. The molecule has 0 bridgehead atoms. The molecule has 0 saturated heterocycles. The number of aliphatic hydroxyl groups is 1. The molecule has 0 aromatic heterocycles. The van der Waals surface area contributed by atoms with Gasteiger partial charge in [-0.25, -0.2) is 0 Å². The van der Waals surface area contributed by atoms with Gasteiger partial charge in [0.05, 0.1) is 11.0 Å². The minimum absolute atomic E-state index is 0.0650. The lowest BCUT2D eigenvalue weighted by Crippen LogP contribution is -2.43. The van der Waals surface area contributed by atoms with Gasteiger partial charge in [-0.2, -0.15) is 0 Å². The lowest BCUT2D eigenvalue weighted by atomic mass is 9.55. The van der Waals surface area contributed by atoms with Crippen molar-refractivity contribution in [3.8, 4) is 11.5 Å². The first-order chi connectivity index (χ1) is 14.0. The fourth-order valence-corrected chi connectivity index (χ4v) is 6.37. The number of nitrogens with zero attached hydrogens (tertiary/aromatic N) is 1. The summed E-state index contributed by atoms with van der Waals surface area (Å²) in [5.74, 6) is 3.31. The summed E-state index contributed by atoms with van der Waals surface area (Å²) in [5.41, 5.74) is 3.00. The molecule has 3 aliphatic carbocycles. The van der Waals surface area contributed by atoms with E-state index in [1.165, 1.54) is 29.7 Å². The summed E-state index contributed by atoms with van der Waals surface area (Å²) in [6.07, 6.45) is 6.49. The molecule has 5 heteroatoms. The van der Waals surface area contributed by atoms with Crippen molar-refractivity contribution in [2.24, 2.45) is 17.3 Å². The van der Waals surface area contributed by atoms with Crippen LogP contribution in [-0.2, 0) is 6.42 Å². The number of rotatable bonds is 3. The van der Waals surface area contributed by atoms with Crippen molar-refractivity contribution >= 4 is 5.69 Å². The van der Waals surface area contributed by atoms with Gasteiger partial charge in [0.15, 0.2) is 0 Å². The second-order valence-corrected chi connectivity index (χ2v) is 9.27. The molecule has 5 rings (SSSR count). The third kappa shape index (κ3) is 3.03. The highest BCUT2D eigenvalue weighted by Gasteiger charge is 2.54. The fraction of sp³-hybridized carbons (Fsp3) is 0.500. The van der Waals surface area contributed by atoms with Crippen molar-refractivity contribution in [3.05, 3.63) is 63.7 Å². The lowest BCUT2D eigenvalue weighted by Gasteiger charge is -2.50. The van der Waals surface area contributed by atoms with Gasteiger partial charge in [0.2, 0.25) is 0 Å². The Morgan fingerprint density at radius 1 is 1.07 bits per heavy atom. The summed E-state index contributed by atoms with van der Waals surface area (Å²) >= 11 is 0. The molecule has 2 aromatic rings. The number of hydrogen-bond acceptors (Lipinski definition) is 4. The molecule has 2 fully saturated rings. The number of benzene rings is 2. The van der Waals surface area contributed by atoms with Gasteiger partial charge in [-0.05, 0) is 97.1 Å². The van der Waals surface area contributed by atoms with E-state index < -0.39 is 4.92 Å². The summed E-state index contributed by atoms with van der Waals surface area (Å²) < 4.78 is 5.96. The second-order valence-electron chi connectivity index (χ2n) is 9.27. The Morgan fingerprint density at radius 3 is 2.59 bits per heavy atom. The van der Waals surface area contributed by atoms with Gasteiger partial charge in [0.1, 0.15) is 11.5 Å². The van der Waals surface area contributed by atoms with Crippen LogP contribution in [0.4, 0.5) is 5.69 Å². The average molecular weight is 393 g/mol. The third-order valence-corrected chi connectivity index (χ3v) is 7.93. The van der Waals surface area contributed by atoms with Gasteiger partial charge >= 0.3 is 0 Å². The molecule has 5 nitrogen and oxygen atoms in total. The van der Waals surface area contributed by atoms with Crippen molar-refractivity contribution in [1.29, 1.82) is 0 Å². The molecular weight excluding hydrogens is 366 g/mol. The van der Waals surface area contributed by atoms with Gasteiger partial charge in [0.25, 0.3) is 5.69 Å². The van der Waals surface area contributed by atoms with Gasteiger partial charge in [-0.15, -0.1) is 0 Å². The Morgan fingerprint density at radius 2 is 1.83 bits per heavy atom. The maximum atomic E-state index is 10.8. The molecule has 0 amide bonds. The van der Waals surface area contributed by atoms with Crippen molar-refractivity contribution in [1.82, 2.24) is 0 Å². The minimum atomic E-state index is -0.405. The number of nitro benzene ring substituents is 1. The summed E-state index contributed by atoms with van der Waals surface area (Å²) in [4.78, 5) is 10.4. The zero-order valence-electron chi connectivity index (χ0n) is 16.7. The maximum absolute atomic E-state index is 10.8. The molecular formula is C24H27NO4. The van der Waals surface area contributed by atoms with E-state index in [0.29, 0.717) is 23.5 Å². The van der Waals surface area contributed by atoms with Crippen molar-refractivity contribution in [2.75, 3.05) is 0 Å². The summed E-state index contributed by atoms with van der Waals surface area (Å²) in [7, 11) is 0. The summed E-state index contributed by atoms with van der Waals surface area (Å²) in [6.45, 7) is 2.31. The highest BCUT2D eigenvalue weighted by Crippen LogP contribution is 2.60. The van der Waals surface area contributed by atoms with E-state index in [-0.39, 0.29) is 17.2 Å². The Hall–Kier alpha value is -2.40. The largest absolute Gasteiger partial charge is 0.457 e. The van der Waals surface area contributed by atoms with Crippen molar-refractivity contribution in [3.63, 3.8) is 0 Å². The molecule has 5 atom stereocenters. The Balaban J connectivity index is 1.36. The van der Waals surface area contributed by atoms with Gasteiger partial charge < -0.3 is 9.84 Å². The number of non-ortho nitro benzene ring substituents is 1. The van der Waals surface area contributed by atoms with E-state index in [4.69, 9.17) is 4.74 Å². The van der Waals surface area contributed by atoms with Crippen LogP contribution in [0.2, 0.25) is 0 Å². The molecule has 0 spiro atoms. The number of ether oxygens (including phenoxy) is 1. The SMILES string of the molecule is C[C@]12CC[C@@H]3c4ccc(Oc5ccc([N+](=O)[O-])cc5)cc4CC[C@@H]3[C@@H]1CC[C@@H]2O. The Labute approximate surface area is 170 Å². The predicted molar refractivity (Wildman–Crippen MR) is 110 cm³/mol. The molecule has 3 aliphatic rings. The van der Waals surface area contributed by atoms with E-state index in [9.17, 15) is 15.2 Å². The highest BCUT2D eigenvalue weighted by molar-refractivity contribution is 5.43. The van der Waals surface area contributed by atoms with Crippen LogP contribution in [0.1, 0.15) is 56.1 Å². The molecule has 0 heterocycles. The van der Waals surface area contributed by atoms with Crippen LogP contribution in [0.25, 0.3) is 0 Å². The molecule has 152 valence electrons. The summed E-state index contributed by atoms with van der Waals surface area (Å²) in [5, 5.41) is 21.3. The van der Waals surface area contributed by atoms with Crippen LogP contribution in [0.5, 0.6) is 11.5 Å². The topological polar surface area (TPSA) is 72.6 Å². The van der Waals surface area contributed by atoms with Gasteiger partial charge in [0, 0.05) is 12.1 Å². The van der Waals surface area contributed by atoms with Gasteiger partial charge in [-0.1, -0.05) is 13.0 Å². The lowest BCUT2D eigenvalue weighted by molar-refractivity contribution is -0.384. The summed E-state index contributed by atoms with van der Waals surface area (Å²) in [6, 6.07) is 12.6. The number of fused-ring (bicyclic) bond motifs is 5. The monoisotopic (exact) mass is 393 g/mol. The number of nitro groups is 1. The first kappa shape index (κ1) is 18.6. The predicted octanol–water partition coefficient (Wildman–Crippen LogP) is 5.60. The average Bonchev–Trinajstić information content (AvgIpc) is 3.03. The van der Waals surface area contributed by atoms with E-state index in [2.05, 4.69) is 19.1 Å². The molecule has 0 aliphatic heterocycles. The molecule has 0 unspecified atom stereocenters. The zero-order valence-corrected chi connectivity index (χ0v) is 16.7. The zero-order chi connectivity index (χ0) is 20.2. The van der Waals surface area contributed by atoms with E-state index in [1.807, 2.05) is 6.07 Å². The third-order valence-electron chi connectivity index (χ3n) is 7.93. The standard InChI is InChI=1S/C24H27NO4/c1-24-13-12-20-19-9-7-18(29-17-5-3-16(4-6-17)25(27)28)14-15(19)2-8-21(20)22(24)10-11-23(24)26/h3-7,9,14,20-23,26H,2,8,10-13H2,1H3/t20-,21+,22+,23+,24+/m1/s1. The second kappa shape index (κ2) is 6.84. The molecule has 2 aromatic carbocycles. The smallest absolute Gasteiger partial charge is 0.269 e. The maximum Gasteiger partial charge on any atom is 0.269 e. The van der Waals surface area contributed by atoms with Crippen LogP contribution >= 0.6 is 0 Å². The van der Waals surface area contributed by atoms with Crippen LogP contribution in [0.15, 0.2) is 42.5 Å². The van der Waals surface area contributed by atoms with Crippen LogP contribution in [-0.4, -0.2) is 16.1 Å². The molecule has 1 N–H and O–H groups in total. The van der Waals surface area contributed by atoms with E-state index >= 15 is 0 Å². The number of aliphatic hydroxyl groups excluding tert-OH is 1. The van der Waals surface area contributed by atoms with Crippen molar-refractivity contribution in [2.45, 2.75) is 57.5 Å². The van der Waals surface area contributed by atoms with Crippen molar-refractivity contribution < 1.29 is 14.8 Å². The fourth-order valence-electron chi connectivity index (χ4n) is 6.37. The minimum Gasteiger partial charge on any atom is -0.457 e. The van der Waals surface area contributed by atoms with Crippen LogP contribution in [0, 0.1) is 27.4 Å². The molecule has 2 saturated carbocycles. The van der Waals surface area contributed by atoms with Crippen LogP contribution in [0.3, 0.4) is 0 Å². The quantitative estimate of drug-likeness (QED) is 0.544.